The number of halogens is 2. The lowest BCUT2D eigenvalue weighted by molar-refractivity contribution is -0.170. The number of carbonyl (C=O) groups is 1. The van der Waals surface area contributed by atoms with Crippen LogP contribution < -0.4 is 0 Å². The van der Waals surface area contributed by atoms with Gasteiger partial charge in [0.05, 0.1) is 6.42 Å². The monoisotopic (exact) mass is 194 g/mol. The fourth-order valence-corrected chi connectivity index (χ4v) is 1.32. The Kier molecular flexibility index (Phi) is 2.45. The first kappa shape index (κ1) is 8.88. The van der Waals surface area contributed by atoms with Crippen molar-refractivity contribution >= 4 is 29.2 Å². The highest BCUT2D eigenvalue weighted by Crippen LogP contribution is 2.37. The number of carbonyl (C=O) groups excluding carboxylic acids is 1. The highest BCUT2D eigenvalue weighted by Gasteiger charge is 2.44. The Morgan fingerprint density at radius 2 is 2.36 bits per heavy atom. The highest BCUT2D eigenvalue weighted by atomic mass is 35.5. The Morgan fingerprint density at radius 1 is 1.82 bits per heavy atom. The number of rotatable bonds is 3. The van der Waals surface area contributed by atoms with Crippen molar-refractivity contribution in [1.29, 1.82) is 0 Å². The highest BCUT2D eigenvalue weighted by molar-refractivity contribution is 6.49. The van der Waals surface area contributed by atoms with Gasteiger partial charge in [-0.2, -0.15) is 0 Å². The van der Waals surface area contributed by atoms with E-state index in [1.165, 1.54) is 0 Å². The van der Waals surface area contributed by atoms with Crippen molar-refractivity contribution in [3.63, 3.8) is 0 Å². The zero-order chi connectivity index (χ0) is 8.48. The van der Waals surface area contributed by atoms with Crippen LogP contribution in [0.3, 0.4) is 0 Å². The molecule has 0 amide bonds. The molecule has 0 saturated carbocycles. The lowest BCUT2D eigenvalue weighted by Crippen LogP contribution is -2.45. The van der Waals surface area contributed by atoms with Crippen LogP contribution in [0, 0.1) is 0 Å². The van der Waals surface area contributed by atoms with Crippen molar-refractivity contribution in [3.8, 4) is 0 Å². The quantitative estimate of drug-likeness (QED) is 0.391. The molecule has 0 aromatic carbocycles. The van der Waals surface area contributed by atoms with Crippen molar-refractivity contribution in [2.24, 2.45) is 0 Å². The summed E-state index contributed by atoms with van der Waals surface area (Å²) in [6, 6.07) is 0. The molecular weight excluding hydrogens is 187 g/mol. The third-order valence-corrected chi connectivity index (χ3v) is 2.31. The van der Waals surface area contributed by atoms with E-state index < -0.39 is 4.33 Å². The molecule has 1 aliphatic rings. The van der Waals surface area contributed by atoms with Crippen LogP contribution in [0.25, 0.3) is 0 Å². The average molecular weight is 195 g/mol. The summed E-state index contributed by atoms with van der Waals surface area (Å²) in [7, 11) is 0. The van der Waals surface area contributed by atoms with Gasteiger partial charge < -0.3 is 4.74 Å². The largest absolute Gasteiger partial charge is 0.458 e. The van der Waals surface area contributed by atoms with Crippen molar-refractivity contribution in [2.45, 2.75) is 23.3 Å². The van der Waals surface area contributed by atoms with Gasteiger partial charge in [-0.25, -0.2) is 0 Å². The van der Waals surface area contributed by atoms with Crippen molar-refractivity contribution in [3.05, 3.63) is 12.7 Å². The van der Waals surface area contributed by atoms with Crippen LogP contribution in [-0.2, 0) is 9.53 Å². The Bertz CT molecular complexity index is 181. The van der Waals surface area contributed by atoms with Crippen molar-refractivity contribution in [2.75, 3.05) is 0 Å². The van der Waals surface area contributed by atoms with Gasteiger partial charge in [-0.1, -0.05) is 29.3 Å². The van der Waals surface area contributed by atoms with Crippen LogP contribution in [-0.4, -0.2) is 16.4 Å². The minimum Gasteiger partial charge on any atom is -0.458 e. The summed E-state index contributed by atoms with van der Waals surface area (Å²) in [6.07, 6.45) is 1.97. The molecule has 1 heterocycles. The Balaban J connectivity index is 2.45. The van der Waals surface area contributed by atoms with Crippen LogP contribution in [0.1, 0.15) is 12.8 Å². The number of hydrogen-bond donors (Lipinski definition) is 0. The molecule has 1 aliphatic heterocycles. The maximum atomic E-state index is 10.4. The second-order valence-electron chi connectivity index (χ2n) is 2.44. The summed E-state index contributed by atoms with van der Waals surface area (Å²) in [4.78, 5) is 10.4. The maximum absolute atomic E-state index is 10.4. The number of allylic oxidation sites excluding steroid dienone is 1. The number of cyclic esters (lactones) is 1. The topological polar surface area (TPSA) is 26.3 Å². The van der Waals surface area contributed by atoms with E-state index in [9.17, 15) is 4.79 Å². The molecule has 0 radical (unpaired) electrons. The van der Waals surface area contributed by atoms with E-state index in [-0.39, 0.29) is 12.1 Å². The fourth-order valence-electron chi connectivity index (χ4n) is 0.860. The van der Waals surface area contributed by atoms with E-state index in [0.717, 1.165) is 0 Å². The van der Waals surface area contributed by atoms with Crippen LogP contribution in [0.5, 0.6) is 0 Å². The van der Waals surface area contributed by atoms with Crippen LogP contribution in [0.4, 0.5) is 0 Å². The van der Waals surface area contributed by atoms with Gasteiger partial charge in [-0.15, -0.1) is 6.58 Å². The first-order chi connectivity index (χ1) is 5.06. The minimum absolute atomic E-state index is 0.246. The Morgan fingerprint density at radius 3 is 2.73 bits per heavy atom. The summed E-state index contributed by atoms with van der Waals surface area (Å²) in [5, 5.41) is 0. The van der Waals surface area contributed by atoms with Gasteiger partial charge in [-0.3, -0.25) is 4.79 Å². The number of esters is 1. The predicted octanol–water partition coefficient (Wildman–Crippen LogP) is 2.05. The number of alkyl halides is 2. The normalized spacial score (nSPS) is 23.8. The van der Waals surface area contributed by atoms with Crippen LogP contribution in [0.2, 0.25) is 0 Å². The number of ether oxygens (including phenoxy) is 1. The fraction of sp³-hybridized carbons (Fsp3) is 0.571. The predicted molar refractivity (Wildman–Crippen MR) is 43.7 cm³/mol. The van der Waals surface area contributed by atoms with Gasteiger partial charge >= 0.3 is 5.97 Å². The molecule has 0 N–H and O–H groups in total. The van der Waals surface area contributed by atoms with Gasteiger partial charge in [-0.05, 0) is 0 Å². The first-order valence-corrected chi connectivity index (χ1v) is 4.00. The molecule has 1 atom stereocenters. The van der Waals surface area contributed by atoms with Crippen LogP contribution in [0.15, 0.2) is 12.7 Å². The summed E-state index contributed by atoms with van der Waals surface area (Å²) in [5.74, 6) is -0.246. The summed E-state index contributed by atoms with van der Waals surface area (Å²) in [6.45, 7) is 3.50. The van der Waals surface area contributed by atoms with Crippen molar-refractivity contribution in [1.82, 2.24) is 0 Å². The molecule has 62 valence electrons. The van der Waals surface area contributed by atoms with Crippen molar-refractivity contribution < 1.29 is 9.53 Å². The average Bonchev–Trinajstić information content (AvgIpc) is 1.81. The standard InChI is InChI=1S/C7H8Cl2O2/c1-2-3-7(8,9)5-4-6(10)11-5/h2,5H,1,3-4H2/t5-/m1/s1. The van der Waals surface area contributed by atoms with E-state index in [4.69, 9.17) is 27.9 Å². The van der Waals surface area contributed by atoms with Gasteiger partial charge in [0.1, 0.15) is 6.10 Å². The molecule has 0 aromatic rings. The number of hydrogen-bond acceptors (Lipinski definition) is 2. The second kappa shape index (κ2) is 3.03. The maximum Gasteiger partial charge on any atom is 0.310 e. The van der Waals surface area contributed by atoms with Gasteiger partial charge in [0, 0.05) is 6.42 Å². The lowest BCUT2D eigenvalue weighted by Gasteiger charge is -2.34. The Hall–Kier alpha value is -0.210. The molecule has 1 saturated heterocycles. The summed E-state index contributed by atoms with van der Waals surface area (Å²) < 4.78 is 3.72. The molecule has 11 heavy (non-hydrogen) atoms. The SMILES string of the molecule is C=CCC(Cl)(Cl)[C@H]1CC(=O)O1. The van der Waals surface area contributed by atoms with E-state index >= 15 is 0 Å². The molecule has 0 aliphatic carbocycles. The van der Waals surface area contributed by atoms with Gasteiger partial charge in [0.25, 0.3) is 0 Å². The van der Waals surface area contributed by atoms with E-state index in [2.05, 4.69) is 6.58 Å². The smallest absolute Gasteiger partial charge is 0.310 e. The lowest BCUT2D eigenvalue weighted by atomic mass is 10.1. The molecule has 4 heteroatoms. The summed E-state index contributed by atoms with van der Waals surface area (Å²) in [5.41, 5.74) is 0. The second-order valence-corrected chi connectivity index (χ2v) is 3.98. The molecule has 0 spiro atoms. The van der Waals surface area contributed by atoms with Crippen LogP contribution >= 0.6 is 23.2 Å². The zero-order valence-electron chi connectivity index (χ0n) is 5.85. The molecule has 0 aromatic heterocycles. The zero-order valence-corrected chi connectivity index (χ0v) is 7.36. The third-order valence-electron chi connectivity index (χ3n) is 1.51. The Labute approximate surface area is 75.1 Å². The summed E-state index contributed by atoms with van der Waals surface area (Å²) >= 11 is 11.6. The third kappa shape index (κ3) is 1.88. The molecule has 2 nitrogen and oxygen atoms in total. The van der Waals surface area contributed by atoms with E-state index in [1.807, 2.05) is 0 Å². The minimum atomic E-state index is -0.990. The first-order valence-electron chi connectivity index (χ1n) is 3.24. The van der Waals surface area contributed by atoms with E-state index in [0.29, 0.717) is 12.8 Å². The van der Waals surface area contributed by atoms with Gasteiger partial charge in [0.2, 0.25) is 0 Å². The van der Waals surface area contributed by atoms with Gasteiger partial charge in [0.15, 0.2) is 4.33 Å². The molecule has 0 unspecified atom stereocenters. The molecular formula is C7H8Cl2O2. The molecule has 1 fully saturated rings. The molecule has 0 bridgehead atoms. The van der Waals surface area contributed by atoms with E-state index in [1.54, 1.807) is 6.08 Å². The molecule has 1 rings (SSSR count).